The van der Waals surface area contributed by atoms with Crippen molar-refractivity contribution in [1.82, 2.24) is 9.80 Å². The van der Waals surface area contributed by atoms with Crippen molar-refractivity contribution in [1.29, 1.82) is 5.26 Å². The van der Waals surface area contributed by atoms with Gasteiger partial charge < -0.3 is 4.90 Å². The second-order valence-electron chi connectivity index (χ2n) is 3.61. The molecule has 7 heteroatoms. The Morgan fingerprint density at radius 2 is 1.81 bits per heavy atom. The molecule has 4 nitrogen and oxygen atoms in total. The fourth-order valence-electron chi connectivity index (χ4n) is 1.59. The van der Waals surface area contributed by atoms with E-state index in [0.717, 1.165) is 0 Å². The number of carbonyl (C=O) groups excluding carboxylic acids is 1. The lowest BCUT2D eigenvalue weighted by molar-refractivity contribution is -0.151. The highest BCUT2D eigenvalue weighted by Crippen LogP contribution is 2.17. The molecule has 1 fully saturated rings. The van der Waals surface area contributed by atoms with Gasteiger partial charge in [-0.25, -0.2) is 0 Å². The molecule has 0 atom stereocenters. The van der Waals surface area contributed by atoms with Crippen LogP contribution in [0.3, 0.4) is 0 Å². The van der Waals surface area contributed by atoms with Crippen LogP contribution in [0, 0.1) is 11.3 Å². The molecular formula is C9H12F3N3O. The zero-order chi connectivity index (χ0) is 12.2. The van der Waals surface area contributed by atoms with E-state index in [1.54, 1.807) is 6.07 Å². The van der Waals surface area contributed by atoms with Gasteiger partial charge in [-0.15, -0.1) is 0 Å². The molecule has 90 valence electrons. The summed E-state index contributed by atoms with van der Waals surface area (Å²) < 4.78 is 36.2. The molecule has 0 aliphatic carbocycles. The smallest absolute Gasteiger partial charge is 0.339 e. The molecule has 1 rings (SSSR count). The summed E-state index contributed by atoms with van der Waals surface area (Å²) in [6, 6.07) is 1.73. The van der Waals surface area contributed by atoms with Crippen LogP contribution in [0.4, 0.5) is 13.2 Å². The monoisotopic (exact) mass is 235 g/mol. The summed E-state index contributed by atoms with van der Waals surface area (Å²) >= 11 is 0. The SMILES string of the molecule is N#CCC(=O)N1CCN(CC(F)(F)F)CC1. The number of piperazine rings is 1. The van der Waals surface area contributed by atoms with Crippen LogP contribution in [0.25, 0.3) is 0 Å². The molecule has 16 heavy (non-hydrogen) atoms. The van der Waals surface area contributed by atoms with Gasteiger partial charge in [0.25, 0.3) is 0 Å². The maximum atomic E-state index is 12.1. The van der Waals surface area contributed by atoms with Crippen molar-refractivity contribution >= 4 is 5.91 Å². The topological polar surface area (TPSA) is 47.3 Å². The van der Waals surface area contributed by atoms with E-state index in [-0.39, 0.29) is 38.5 Å². The first-order valence-electron chi connectivity index (χ1n) is 4.86. The number of amides is 1. The maximum Gasteiger partial charge on any atom is 0.401 e. The Morgan fingerprint density at radius 3 is 2.25 bits per heavy atom. The minimum Gasteiger partial charge on any atom is -0.339 e. The van der Waals surface area contributed by atoms with E-state index >= 15 is 0 Å². The van der Waals surface area contributed by atoms with Gasteiger partial charge in [0.15, 0.2) is 0 Å². The molecule has 0 aromatic rings. The number of carbonyl (C=O) groups is 1. The predicted molar refractivity (Wildman–Crippen MR) is 49.3 cm³/mol. The number of rotatable bonds is 2. The van der Waals surface area contributed by atoms with Crippen LogP contribution in [0.15, 0.2) is 0 Å². The number of halogens is 3. The van der Waals surface area contributed by atoms with Gasteiger partial charge in [-0.05, 0) is 0 Å². The Labute approximate surface area is 91.2 Å². The van der Waals surface area contributed by atoms with Gasteiger partial charge in [-0.1, -0.05) is 0 Å². The summed E-state index contributed by atoms with van der Waals surface area (Å²) in [6.45, 7) is -0.00613. The number of hydrogen-bond donors (Lipinski definition) is 0. The summed E-state index contributed by atoms with van der Waals surface area (Å²) in [6.07, 6.45) is -4.40. The van der Waals surface area contributed by atoms with E-state index in [1.165, 1.54) is 9.80 Å². The van der Waals surface area contributed by atoms with Gasteiger partial charge in [0.1, 0.15) is 6.42 Å². The quantitative estimate of drug-likeness (QED) is 0.704. The maximum absolute atomic E-state index is 12.1. The predicted octanol–water partition coefficient (Wildman–Crippen LogP) is 0.607. The summed E-state index contributed by atoms with van der Waals surface area (Å²) in [5.41, 5.74) is 0. The van der Waals surface area contributed by atoms with Crippen LogP contribution < -0.4 is 0 Å². The van der Waals surface area contributed by atoms with Crippen molar-refractivity contribution in [3.8, 4) is 6.07 Å². The third kappa shape index (κ3) is 4.06. The average Bonchev–Trinajstić information content (AvgIpc) is 2.16. The Balaban J connectivity index is 2.34. The highest BCUT2D eigenvalue weighted by atomic mass is 19.4. The Hall–Kier alpha value is -1.29. The molecule has 0 unspecified atom stereocenters. The normalized spacial score (nSPS) is 18.2. The summed E-state index contributed by atoms with van der Waals surface area (Å²) in [5, 5.41) is 8.32. The number of hydrogen-bond acceptors (Lipinski definition) is 3. The third-order valence-electron chi connectivity index (χ3n) is 2.36. The van der Waals surface area contributed by atoms with Crippen molar-refractivity contribution in [2.45, 2.75) is 12.6 Å². The van der Waals surface area contributed by atoms with Crippen LogP contribution in [-0.4, -0.2) is 54.6 Å². The first kappa shape index (κ1) is 12.8. The van der Waals surface area contributed by atoms with E-state index < -0.39 is 12.7 Å². The Kier molecular flexibility index (Phi) is 4.12. The van der Waals surface area contributed by atoms with Gasteiger partial charge in [0.2, 0.25) is 5.91 Å². The molecule has 0 aromatic carbocycles. The molecule has 1 amide bonds. The van der Waals surface area contributed by atoms with Crippen LogP contribution in [-0.2, 0) is 4.79 Å². The molecule has 0 aromatic heterocycles. The fourth-order valence-corrected chi connectivity index (χ4v) is 1.59. The van der Waals surface area contributed by atoms with Crippen molar-refractivity contribution in [3.05, 3.63) is 0 Å². The van der Waals surface area contributed by atoms with Gasteiger partial charge in [0.05, 0.1) is 12.6 Å². The van der Waals surface area contributed by atoms with Crippen molar-refractivity contribution < 1.29 is 18.0 Å². The number of alkyl halides is 3. The number of nitriles is 1. The zero-order valence-electron chi connectivity index (χ0n) is 8.63. The van der Waals surface area contributed by atoms with E-state index in [0.29, 0.717) is 0 Å². The van der Waals surface area contributed by atoms with Crippen LogP contribution in [0.1, 0.15) is 6.42 Å². The first-order valence-corrected chi connectivity index (χ1v) is 4.86. The molecule has 1 aliphatic heterocycles. The Morgan fingerprint density at radius 1 is 1.25 bits per heavy atom. The lowest BCUT2D eigenvalue weighted by atomic mass is 10.3. The summed E-state index contributed by atoms with van der Waals surface area (Å²) in [5.74, 6) is -0.311. The van der Waals surface area contributed by atoms with Crippen LogP contribution in [0.2, 0.25) is 0 Å². The zero-order valence-corrected chi connectivity index (χ0v) is 8.63. The first-order chi connectivity index (χ1) is 7.42. The van der Waals surface area contributed by atoms with E-state index in [4.69, 9.17) is 5.26 Å². The molecule has 0 spiro atoms. The fraction of sp³-hybridized carbons (Fsp3) is 0.778. The Bertz CT molecular complexity index is 289. The number of nitrogens with zero attached hydrogens (tertiary/aromatic N) is 3. The summed E-state index contributed by atoms with van der Waals surface area (Å²) in [4.78, 5) is 13.9. The van der Waals surface area contributed by atoms with E-state index in [9.17, 15) is 18.0 Å². The van der Waals surface area contributed by atoms with E-state index in [1.807, 2.05) is 0 Å². The van der Waals surface area contributed by atoms with Crippen LogP contribution in [0.5, 0.6) is 0 Å². The molecule has 0 bridgehead atoms. The molecule has 1 heterocycles. The van der Waals surface area contributed by atoms with Crippen molar-refractivity contribution in [2.75, 3.05) is 32.7 Å². The van der Waals surface area contributed by atoms with Gasteiger partial charge in [-0.2, -0.15) is 18.4 Å². The average molecular weight is 235 g/mol. The largest absolute Gasteiger partial charge is 0.401 e. The molecule has 0 radical (unpaired) electrons. The molecule has 0 N–H and O–H groups in total. The summed E-state index contributed by atoms with van der Waals surface area (Å²) in [7, 11) is 0. The second kappa shape index (κ2) is 5.16. The standard InChI is InChI=1S/C9H12F3N3O/c10-9(11,12)7-14-3-5-15(6-4-14)8(16)1-2-13/h1,3-7H2. The van der Waals surface area contributed by atoms with Gasteiger partial charge in [0, 0.05) is 26.2 Å². The second-order valence-corrected chi connectivity index (χ2v) is 3.61. The van der Waals surface area contributed by atoms with E-state index in [2.05, 4.69) is 0 Å². The van der Waals surface area contributed by atoms with Crippen molar-refractivity contribution in [2.24, 2.45) is 0 Å². The molecular weight excluding hydrogens is 223 g/mol. The van der Waals surface area contributed by atoms with Crippen LogP contribution >= 0.6 is 0 Å². The highest BCUT2D eigenvalue weighted by Gasteiger charge is 2.32. The van der Waals surface area contributed by atoms with Crippen molar-refractivity contribution in [3.63, 3.8) is 0 Å². The molecule has 0 saturated carbocycles. The highest BCUT2D eigenvalue weighted by molar-refractivity contribution is 5.78. The lowest BCUT2D eigenvalue weighted by Crippen LogP contribution is -2.50. The third-order valence-corrected chi connectivity index (χ3v) is 2.36. The van der Waals surface area contributed by atoms with Gasteiger partial charge in [-0.3, -0.25) is 9.69 Å². The molecule has 1 aliphatic rings. The van der Waals surface area contributed by atoms with Gasteiger partial charge >= 0.3 is 6.18 Å². The minimum atomic E-state index is -4.20. The lowest BCUT2D eigenvalue weighted by Gasteiger charge is -2.34. The molecule has 1 saturated heterocycles. The minimum absolute atomic E-state index is 0.205.